The normalized spacial score (nSPS) is 29.6. The third-order valence-electron chi connectivity index (χ3n) is 11.6. The average Bonchev–Trinajstić information content (AvgIpc) is 3.57. The second kappa shape index (κ2) is 12.8. The van der Waals surface area contributed by atoms with Gasteiger partial charge in [0.2, 0.25) is 0 Å². The van der Waals surface area contributed by atoms with Crippen LogP contribution < -0.4 is 19.3 Å². The Bertz CT molecular complexity index is 1810. The highest BCUT2D eigenvalue weighted by Crippen LogP contribution is 2.55. The Kier molecular flexibility index (Phi) is 8.82. The van der Waals surface area contributed by atoms with Gasteiger partial charge in [-0.1, -0.05) is 11.6 Å². The van der Waals surface area contributed by atoms with E-state index in [-0.39, 0.29) is 61.9 Å². The molecule has 12 nitrogen and oxygen atoms in total. The van der Waals surface area contributed by atoms with Gasteiger partial charge in [0.25, 0.3) is 5.91 Å². The number of carbonyl (C=O) groups is 2. The lowest BCUT2D eigenvalue weighted by molar-refractivity contribution is -0.233. The fourth-order valence-corrected chi connectivity index (χ4v) is 9.85. The highest BCUT2D eigenvalue weighted by molar-refractivity contribution is 6.32. The highest BCUT2D eigenvalue weighted by atomic mass is 35.5. The number of esters is 1. The molecule has 0 spiro atoms. The zero-order valence-corrected chi connectivity index (χ0v) is 30.9. The van der Waals surface area contributed by atoms with Gasteiger partial charge >= 0.3 is 18.2 Å². The van der Waals surface area contributed by atoms with Gasteiger partial charge in [-0.2, -0.15) is 23.1 Å². The largest absolute Gasteiger partial charge is 0.467 e. The molecule has 5 saturated heterocycles. The number of alkyl halides is 4. The number of fused-ring (bicyclic) bond motifs is 2. The molecule has 0 N–H and O–H groups in total. The molecule has 5 fully saturated rings. The minimum atomic E-state index is -4.89. The van der Waals surface area contributed by atoms with Crippen LogP contribution in [0.3, 0.4) is 0 Å². The SMILES string of the molecule is COCOc1cc(Cl)c(C(F)(F)F)c(N2CCc3c(nc(OC[C@@]45CCCN4C[C@H](F)C5)nc3N3CC4CC5(C(=O)OC(C)(C)C)CC(C3)N45)C2=O)c1. The number of anilines is 2. The van der Waals surface area contributed by atoms with E-state index in [1.807, 2.05) is 20.8 Å². The Morgan fingerprint density at radius 3 is 2.45 bits per heavy atom. The minimum absolute atomic E-state index is 0.00437. The number of piperidine rings is 1. The zero-order valence-electron chi connectivity index (χ0n) is 30.1. The summed E-state index contributed by atoms with van der Waals surface area (Å²) in [5.74, 6) is -0.522. The van der Waals surface area contributed by atoms with E-state index in [0.717, 1.165) is 36.4 Å². The molecule has 2 aromatic rings. The van der Waals surface area contributed by atoms with Crippen LogP contribution >= 0.6 is 11.6 Å². The molecule has 1 amide bonds. The molecule has 8 rings (SSSR count). The fraction of sp³-hybridized carbons (Fsp3) is 0.667. The van der Waals surface area contributed by atoms with Crippen LogP contribution in [-0.4, -0.2) is 120 Å². The van der Waals surface area contributed by atoms with Gasteiger partial charge in [-0.3, -0.25) is 19.4 Å². The van der Waals surface area contributed by atoms with E-state index < -0.39 is 51.2 Å². The summed E-state index contributed by atoms with van der Waals surface area (Å²) in [5.41, 5.74) is -2.98. The number of amides is 1. The topological polar surface area (TPSA) is 110 Å². The van der Waals surface area contributed by atoms with Crippen molar-refractivity contribution in [3.8, 4) is 11.8 Å². The fourth-order valence-electron chi connectivity index (χ4n) is 9.54. The molecular formula is C36H43ClF4N6O6. The summed E-state index contributed by atoms with van der Waals surface area (Å²) >= 11 is 6.19. The Hall–Kier alpha value is -3.47. The van der Waals surface area contributed by atoms with Crippen molar-refractivity contribution >= 4 is 35.0 Å². The number of benzene rings is 1. The monoisotopic (exact) mass is 766 g/mol. The number of rotatable bonds is 9. The van der Waals surface area contributed by atoms with Gasteiger partial charge in [0, 0.05) is 63.4 Å². The molecule has 0 aliphatic carbocycles. The quantitative estimate of drug-likeness (QED) is 0.195. The Morgan fingerprint density at radius 2 is 1.77 bits per heavy atom. The van der Waals surface area contributed by atoms with Crippen LogP contribution in [0.5, 0.6) is 11.8 Å². The summed E-state index contributed by atoms with van der Waals surface area (Å²) in [6, 6.07) is 2.14. The van der Waals surface area contributed by atoms with Gasteiger partial charge in [-0.15, -0.1) is 0 Å². The van der Waals surface area contributed by atoms with Crippen molar-refractivity contribution in [1.82, 2.24) is 19.8 Å². The number of nitrogens with zero attached hydrogens (tertiary/aromatic N) is 6. The third kappa shape index (κ3) is 6.17. The predicted molar refractivity (Wildman–Crippen MR) is 184 cm³/mol. The Morgan fingerprint density at radius 1 is 1.04 bits per heavy atom. The first-order chi connectivity index (χ1) is 25.0. The molecule has 1 aromatic carbocycles. The lowest BCUT2D eigenvalue weighted by Crippen LogP contribution is -2.87. The van der Waals surface area contributed by atoms with Crippen LogP contribution in [0.4, 0.5) is 29.1 Å². The number of ether oxygens (including phenoxy) is 4. The van der Waals surface area contributed by atoms with Crippen molar-refractivity contribution in [3.63, 3.8) is 0 Å². The maximum absolute atomic E-state index is 14.6. The summed E-state index contributed by atoms with van der Waals surface area (Å²) in [6.45, 7) is 7.39. The standard InChI is InChI=1S/C36H43ClF4N6O6/c1-33(2,3)53-31(49)35-13-21-16-44(17-22(14-35)47(21)35)29-24-6-9-46(26-11-23(52-19-50-4)10-25(37)27(26)36(39,40)41)30(48)28(24)42-32(43-29)51-18-34-7-5-8-45(34)15-20(38)12-34/h10-11,20-22H,5-9,12-19H2,1-4H3/t20-,21?,22?,34+,35?/m1/s1. The molecule has 2 unspecified atom stereocenters. The number of hydrogen-bond donors (Lipinski definition) is 0. The van der Waals surface area contributed by atoms with Crippen molar-refractivity contribution < 1.29 is 46.1 Å². The van der Waals surface area contributed by atoms with Gasteiger partial charge in [0.05, 0.1) is 21.8 Å². The highest BCUT2D eigenvalue weighted by Gasteiger charge is 2.70. The van der Waals surface area contributed by atoms with Crippen LogP contribution in [0, 0.1) is 0 Å². The number of aromatic nitrogens is 2. The maximum atomic E-state index is 14.6. The van der Waals surface area contributed by atoms with Crippen LogP contribution in [0.15, 0.2) is 12.1 Å². The third-order valence-corrected chi connectivity index (χ3v) is 11.9. The van der Waals surface area contributed by atoms with Gasteiger partial charge in [-0.25, -0.2) is 4.39 Å². The predicted octanol–water partition coefficient (Wildman–Crippen LogP) is 5.04. The van der Waals surface area contributed by atoms with Crippen LogP contribution in [0.25, 0.3) is 0 Å². The summed E-state index contributed by atoms with van der Waals surface area (Å²) in [6.07, 6.45) is -2.55. The zero-order chi connectivity index (χ0) is 37.7. The summed E-state index contributed by atoms with van der Waals surface area (Å²) in [7, 11) is 1.37. The molecule has 0 bridgehead atoms. The van der Waals surface area contributed by atoms with Crippen molar-refractivity contribution in [3.05, 3.63) is 34.0 Å². The number of hydrogen-bond acceptors (Lipinski definition) is 11. The van der Waals surface area contributed by atoms with E-state index in [1.54, 1.807) is 0 Å². The van der Waals surface area contributed by atoms with E-state index in [1.165, 1.54) is 7.11 Å². The molecule has 0 saturated carbocycles. The van der Waals surface area contributed by atoms with Crippen LogP contribution in [-0.2, 0) is 26.9 Å². The second-order valence-corrected chi connectivity index (χ2v) is 16.5. The first-order valence-corrected chi connectivity index (χ1v) is 18.4. The molecule has 288 valence electrons. The van der Waals surface area contributed by atoms with Crippen molar-refractivity contribution in [2.75, 3.05) is 63.0 Å². The van der Waals surface area contributed by atoms with Crippen LogP contribution in [0.1, 0.15) is 74.5 Å². The molecule has 4 atom stereocenters. The Labute approximate surface area is 309 Å². The van der Waals surface area contributed by atoms with E-state index >= 15 is 0 Å². The number of carbonyl (C=O) groups excluding carboxylic acids is 2. The number of halogens is 5. The molecule has 17 heteroatoms. The maximum Gasteiger partial charge on any atom is 0.419 e. The Balaban J connectivity index is 1.13. The van der Waals surface area contributed by atoms with Gasteiger partial charge < -0.3 is 28.7 Å². The second-order valence-electron chi connectivity index (χ2n) is 16.1. The summed E-state index contributed by atoms with van der Waals surface area (Å²) in [4.78, 5) is 44.4. The van der Waals surface area contributed by atoms with E-state index in [0.29, 0.717) is 50.3 Å². The van der Waals surface area contributed by atoms with Crippen molar-refractivity contribution in [2.45, 2.75) is 100 Å². The van der Waals surface area contributed by atoms with Crippen molar-refractivity contribution in [1.29, 1.82) is 0 Å². The molecule has 7 heterocycles. The van der Waals surface area contributed by atoms with Gasteiger partial charge in [-0.05, 0) is 65.5 Å². The molecule has 53 heavy (non-hydrogen) atoms. The molecule has 1 aromatic heterocycles. The van der Waals surface area contributed by atoms with E-state index in [9.17, 15) is 27.2 Å². The van der Waals surface area contributed by atoms with Crippen LogP contribution in [0.2, 0.25) is 5.02 Å². The smallest absolute Gasteiger partial charge is 0.419 e. The first kappa shape index (κ1) is 36.5. The molecule has 6 aliphatic rings. The first-order valence-electron chi connectivity index (χ1n) is 18.1. The number of methoxy groups -OCH3 is 1. The lowest BCUT2D eigenvalue weighted by atomic mass is 9.62. The van der Waals surface area contributed by atoms with Gasteiger partial charge in [0.15, 0.2) is 6.79 Å². The minimum Gasteiger partial charge on any atom is -0.467 e. The number of piperazine rings is 1. The molecule has 0 radical (unpaired) electrons. The summed E-state index contributed by atoms with van der Waals surface area (Å²) < 4.78 is 80.4. The van der Waals surface area contributed by atoms with E-state index in [2.05, 4.69) is 19.7 Å². The summed E-state index contributed by atoms with van der Waals surface area (Å²) in [5, 5.41) is -0.628. The van der Waals surface area contributed by atoms with Crippen molar-refractivity contribution in [2.24, 2.45) is 0 Å². The molecular weight excluding hydrogens is 724 g/mol. The van der Waals surface area contributed by atoms with E-state index in [4.69, 9.17) is 35.5 Å². The molecule has 6 aliphatic heterocycles. The lowest BCUT2D eigenvalue weighted by Gasteiger charge is -2.72. The average molecular weight is 767 g/mol. The van der Waals surface area contributed by atoms with Gasteiger partial charge in [0.1, 0.15) is 41.2 Å².